The number of halogens is 1. The molecule has 1 heterocycles. The zero-order chi connectivity index (χ0) is 14.7. The molecule has 0 radical (unpaired) electrons. The molecule has 0 saturated carbocycles. The Hall–Kier alpha value is -1.94. The third kappa shape index (κ3) is 3.22. The number of aryl methyl sites for hydroxylation is 1. The molecule has 0 atom stereocenters. The van der Waals surface area contributed by atoms with Crippen molar-refractivity contribution in [3.05, 3.63) is 59.0 Å². The third-order valence-electron chi connectivity index (χ3n) is 3.12. The van der Waals surface area contributed by atoms with Crippen LogP contribution in [0.15, 0.2) is 53.1 Å². The molecule has 2 aromatic carbocycles. The van der Waals surface area contributed by atoms with Crippen LogP contribution in [0.3, 0.4) is 0 Å². The molecule has 0 amide bonds. The van der Waals surface area contributed by atoms with Crippen LogP contribution < -0.4 is 4.74 Å². The minimum absolute atomic E-state index is 0.779. The van der Waals surface area contributed by atoms with Gasteiger partial charge in [-0.1, -0.05) is 25.1 Å². The van der Waals surface area contributed by atoms with Crippen molar-refractivity contribution < 1.29 is 4.74 Å². The molecule has 0 aliphatic rings. The van der Waals surface area contributed by atoms with E-state index in [0.717, 1.165) is 45.7 Å². The van der Waals surface area contributed by atoms with E-state index in [9.17, 15) is 0 Å². The average Bonchev–Trinajstić information content (AvgIpc) is 2.49. The fourth-order valence-corrected chi connectivity index (χ4v) is 2.66. The fraction of sp³-hybridized carbons (Fsp3) is 0.176. The molecule has 0 unspecified atom stereocenters. The maximum absolute atomic E-state index is 5.84. The number of aromatic nitrogens is 2. The molecule has 3 rings (SSSR count). The lowest BCUT2D eigenvalue weighted by Gasteiger charge is -2.08. The molecule has 21 heavy (non-hydrogen) atoms. The van der Waals surface area contributed by atoms with Gasteiger partial charge in [0.25, 0.3) is 0 Å². The van der Waals surface area contributed by atoms with Gasteiger partial charge < -0.3 is 4.74 Å². The van der Waals surface area contributed by atoms with E-state index in [2.05, 4.69) is 32.8 Å². The molecule has 0 N–H and O–H groups in total. The summed E-state index contributed by atoms with van der Waals surface area (Å²) < 4.78 is 6.66. The van der Waals surface area contributed by atoms with Gasteiger partial charge in [-0.3, -0.25) is 0 Å². The lowest BCUT2D eigenvalue weighted by molar-refractivity contribution is 0.483. The molecule has 0 spiro atoms. The molecular weight excluding hydrogens is 328 g/mol. The normalized spacial score (nSPS) is 10.8. The highest BCUT2D eigenvalue weighted by molar-refractivity contribution is 9.10. The molecule has 1 aromatic heterocycles. The van der Waals surface area contributed by atoms with Crippen molar-refractivity contribution in [1.82, 2.24) is 9.97 Å². The Bertz CT molecular complexity index is 759. The highest BCUT2D eigenvalue weighted by atomic mass is 79.9. The van der Waals surface area contributed by atoms with Gasteiger partial charge in [-0.25, -0.2) is 9.97 Å². The number of para-hydroxylation sites is 1. The van der Waals surface area contributed by atoms with Crippen molar-refractivity contribution >= 4 is 26.8 Å². The summed E-state index contributed by atoms with van der Waals surface area (Å²) in [6.45, 7) is 2.12. The Kier molecular flexibility index (Phi) is 4.15. The minimum atomic E-state index is 0.779. The Morgan fingerprint density at radius 1 is 1.00 bits per heavy atom. The number of fused-ring (bicyclic) bond motifs is 1. The van der Waals surface area contributed by atoms with Gasteiger partial charge in [0.15, 0.2) is 0 Å². The second-order valence-corrected chi connectivity index (χ2v) is 5.53. The molecule has 3 nitrogen and oxygen atoms in total. The Balaban J connectivity index is 1.96. The topological polar surface area (TPSA) is 35.0 Å². The SMILES string of the molecule is CCCc1nc(Br)c2cc(Oc3ccccc3)ccc2n1. The van der Waals surface area contributed by atoms with Crippen LogP contribution in [0, 0.1) is 0 Å². The van der Waals surface area contributed by atoms with E-state index in [4.69, 9.17) is 4.74 Å². The molecule has 0 aliphatic heterocycles. The lowest BCUT2D eigenvalue weighted by atomic mass is 10.2. The zero-order valence-electron chi connectivity index (χ0n) is 11.7. The van der Waals surface area contributed by atoms with Crippen LogP contribution >= 0.6 is 15.9 Å². The first-order chi connectivity index (χ1) is 10.3. The first kappa shape index (κ1) is 14.0. The van der Waals surface area contributed by atoms with E-state index in [1.807, 2.05) is 48.5 Å². The first-order valence-corrected chi connectivity index (χ1v) is 7.74. The summed E-state index contributed by atoms with van der Waals surface area (Å²) in [5, 5.41) is 0.961. The van der Waals surface area contributed by atoms with E-state index in [0.29, 0.717) is 0 Å². The first-order valence-electron chi connectivity index (χ1n) is 6.95. The number of hydrogen-bond acceptors (Lipinski definition) is 3. The van der Waals surface area contributed by atoms with Crippen LogP contribution in [-0.4, -0.2) is 9.97 Å². The van der Waals surface area contributed by atoms with Crippen molar-refractivity contribution in [2.75, 3.05) is 0 Å². The molecule has 4 heteroatoms. The lowest BCUT2D eigenvalue weighted by Crippen LogP contribution is -1.96. The second kappa shape index (κ2) is 6.22. The average molecular weight is 343 g/mol. The summed E-state index contributed by atoms with van der Waals surface area (Å²) in [4.78, 5) is 9.07. The van der Waals surface area contributed by atoms with Gasteiger partial charge in [-0.2, -0.15) is 0 Å². The van der Waals surface area contributed by atoms with Crippen molar-refractivity contribution in [2.45, 2.75) is 19.8 Å². The molecule has 0 fully saturated rings. The maximum atomic E-state index is 5.84. The summed E-state index contributed by atoms with van der Waals surface area (Å²) in [6, 6.07) is 15.6. The largest absolute Gasteiger partial charge is 0.457 e. The Morgan fingerprint density at radius 3 is 2.57 bits per heavy atom. The van der Waals surface area contributed by atoms with Crippen LogP contribution in [0.2, 0.25) is 0 Å². The summed E-state index contributed by atoms with van der Waals surface area (Å²) in [7, 11) is 0. The van der Waals surface area contributed by atoms with Gasteiger partial charge in [0.05, 0.1) is 5.52 Å². The Morgan fingerprint density at radius 2 is 1.81 bits per heavy atom. The summed E-state index contributed by atoms with van der Waals surface area (Å²) >= 11 is 3.53. The van der Waals surface area contributed by atoms with Gasteiger partial charge in [0.2, 0.25) is 0 Å². The zero-order valence-corrected chi connectivity index (χ0v) is 13.3. The van der Waals surface area contributed by atoms with Crippen LogP contribution in [0.25, 0.3) is 10.9 Å². The van der Waals surface area contributed by atoms with E-state index in [1.165, 1.54) is 0 Å². The van der Waals surface area contributed by atoms with Crippen molar-refractivity contribution in [3.63, 3.8) is 0 Å². The third-order valence-corrected chi connectivity index (χ3v) is 3.72. The van der Waals surface area contributed by atoms with Crippen molar-refractivity contribution in [2.24, 2.45) is 0 Å². The minimum Gasteiger partial charge on any atom is -0.457 e. The second-order valence-electron chi connectivity index (χ2n) is 4.77. The van der Waals surface area contributed by atoms with Crippen molar-refractivity contribution in [3.8, 4) is 11.5 Å². The highest BCUT2D eigenvalue weighted by Crippen LogP contribution is 2.28. The van der Waals surface area contributed by atoms with E-state index >= 15 is 0 Å². The predicted octanol–water partition coefficient (Wildman–Crippen LogP) is 5.14. The van der Waals surface area contributed by atoms with E-state index < -0.39 is 0 Å². The van der Waals surface area contributed by atoms with Gasteiger partial charge in [0.1, 0.15) is 21.9 Å². The Labute approximate surface area is 132 Å². The quantitative estimate of drug-likeness (QED) is 0.616. The monoisotopic (exact) mass is 342 g/mol. The molecule has 3 aromatic rings. The van der Waals surface area contributed by atoms with Crippen LogP contribution in [-0.2, 0) is 6.42 Å². The molecule has 0 bridgehead atoms. The maximum Gasteiger partial charge on any atom is 0.130 e. The number of ether oxygens (including phenoxy) is 1. The summed E-state index contributed by atoms with van der Waals surface area (Å²) in [5.74, 6) is 2.46. The summed E-state index contributed by atoms with van der Waals surface area (Å²) in [6.07, 6.45) is 1.92. The van der Waals surface area contributed by atoms with Crippen LogP contribution in [0.5, 0.6) is 11.5 Å². The van der Waals surface area contributed by atoms with Crippen molar-refractivity contribution in [1.29, 1.82) is 0 Å². The summed E-state index contributed by atoms with van der Waals surface area (Å²) in [5.41, 5.74) is 0.931. The van der Waals surface area contributed by atoms with Gasteiger partial charge >= 0.3 is 0 Å². The number of benzene rings is 2. The van der Waals surface area contributed by atoms with E-state index in [-0.39, 0.29) is 0 Å². The molecule has 106 valence electrons. The smallest absolute Gasteiger partial charge is 0.130 e. The van der Waals surface area contributed by atoms with Crippen LogP contribution in [0.4, 0.5) is 0 Å². The van der Waals surface area contributed by atoms with Gasteiger partial charge in [-0.15, -0.1) is 0 Å². The fourth-order valence-electron chi connectivity index (χ4n) is 2.14. The number of hydrogen-bond donors (Lipinski definition) is 0. The number of rotatable bonds is 4. The predicted molar refractivity (Wildman–Crippen MR) is 87.7 cm³/mol. The van der Waals surface area contributed by atoms with E-state index in [1.54, 1.807) is 0 Å². The molecule has 0 saturated heterocycles. The number of nitrogens with zero attached hydrogens (tertiary/aromatic N) is 2. The van der Waals surface area contributed by atoms with Crippen LogP contribution in [0.1, 0.15) is 19.2 Å². The van der Waals surface area contributed by atoms with Gasteiger partial charge in [-0.05, 0) is 52.7 Å². The molecular formula is C17H15BrN2O. The molecule has 0 aliphatic carbocycles. The van der Waals surface area contributed by atoms with Gasteiger partial charge in [0, 0.05) is 11.8 Å². The standard InChI is InChI=1S/C17H15BrN2O/c1-2-6-16-19-15-10-9-13(11-14(15)17(18)20-16)21-12-7-4-3-5-8-12/h3-5,7-11H,2,6H2,1H3. The highest BCUT2D eigenvalue weighted by Gasteiger charge is 2.07.